The van der Waals surface area contributed by atoms with Crippen LogP contribution in [0.1, 0.15) is 25.7 Å². The SMILES string of the molecule is N#C[C@H]1C[C@H]2C(=O)NC(=O)C12SCCCCCS. The van der Waals surface area contributed by atoms with E-state index in [2.05, 4.69) is 24.0 Å². The standard InChI is InChI=1S/C12H16N2O2S2/c13-7-8-6-9-10(15)14-11(16)12(8,9)18-5-3-1-2-4-17/h8-9,17H,1-6H2,(H,14,15,16)/t8-,9+,12?/m1/s1. The first-order valence-corrected chi connectivity index (χ1v) is 7.78. The van der Waals surface area contributed by atoms with Crippen molar-refractivity contribution in [2.45, 2.75) is 30.4 Å². The molecule has 2 amide bonds. The van der Waals surface area contributed by atoms with Gasteiger partial charge in [0, 0.05) is 0 Å². The van der Waals surface area contributed by atoms with Gasteiger partial charge in [0.2, 0.25) is 11.8 Å². The van der Waals surface area contributed by atoms with Gasteiger partial charge in [0.05, 0.1) is 17.9 Å². The smallest absolute Gasteiger partial charge is 0.244 e. The Morgan fingerprint density at radius 1 is 1.44 bits per heavy atom. The van der Waals surface area contributed by atoms with Gasteiger partial charge < -0.3 is 0 Å². The minimum absolute atomic E-state index is 0.200. The average Bonchev–Trinajstić information content (AvgIpc) is 2.49. The Hall–Kier alpha value is -0.670. The number of nitrogens with zero attached hydrogens (tertiary/aromatic N) is 1. The molecule has 0 aromatic rings. The Labute approximate surface area is 116 Å². The number of thiol groups is 1. The van der Waals surface area contributed by atoms with Gasteiger partial charge in [-0.1, -0.05) is 6.42 Å². The molecule has 18 heavy (non-hydrogen) atoms. The number of fused-ring (bicyclic) bond motifs is 1. The molecule has 1 N–H and O–H groups in total. The highest BCUT2D eigenvalue weighted by Crippen LogP contribution is 2.56. The lowest BCUT2D eigenvalue weighted by atomic mass is 9.66. The Balaban J connectivity index is 1.96. The number of rotatable bonds is 6. The third kappa shape index (κ3) is 2.04. The first kappa shape index (κ1) is 13.8. The third-order valence-corrected chi connectivity index (χ3v) is 5.76. The predicted octanol–water partition coefficient (Wildman–Crippen LogP) is 1.37. The Bertz CT molecular complexity index is 407. The van der Waals surface area contributed by atoms with Crippen molar-refractivity contribution in [1.29, 1.82) is 5.26 Å². The first-order chi connectivity index (χ1) is 8.66. The molecule has 0 radical (unpaired) electrons. The second-order valence-corrected chi connectivity index (χ2v) is 6.53. The van der Waals surface area contributed by atoms with Gasteiger partial charge in [0.15, 0.2) is 0 Å². The van der Waals surface area contributed by atoms with Crippen molar-refractivity contribution in [2.24, 2.45) is 11.8 Å². The minimum Gasteiger partial charge on any atom is -0.295 e. The molecular formula is C12H16N2O2S2. The van der Waals surface area contributed by atoms with Crippen molar-refractivity contribution in [3.63, 3.8) is 0 Å². The maximum absolute atomic E-state index is 11.9. The van der Waals surface area contributed by atoms with Crippen LogP contribution in [-0.4, -0.2) is 28.1 Å². The summed E-state index contributed by atoms with van der Waals surface area (Å²) in [6.07, 6.45) is 3.66. The molecule has 2 rings (SSSR count). The molecule has 0 spiro atoms. The fourth-order valence-corrected chi connectivity index (χ4v) is 4.48. The molecule has 1 heterocycles. The molecule has 6 heteroatoms. The fourth-order valence-electron chi connectivity index (χ4n) is 2.63. The molecule has 1 unspecified atom stereocenters. The van der Waals surface area contributed by atoms with E-state index < -0.39 is 4.75 Å². The van der Waals surface area contributed by atoms with E-state index >= 15 is 0 Å². The maximum Gasteiger partial charge on any atom is 0.244 e. The van der Waals surface area contributed by atoms with Gasteiger partial charge in [-0.3, -0.25) is 14.9 Å². The molecule has 0 aromatic heterocycles. The highest BCUT2D eigenvalue weighted by atomic mass is 32.2. The topological polar surface area (TPSA) is 70.0 Å². The summed E-state index contributed by atoms with van der Waals surface area (Å²) in [6, 6.07) is 2.17. The van der Waals surface area contributed by atoms with Crippen molar-refractivity contribution in [3.05, 3.63) is 0 Å². The normalized spacial score (nSPS) is 33.6. The van der Waals surface area contributed by atoms with E-state index in [0.717, 1.165) is 30.8 Å². The zero-order chi connectivity index (χ0) is 13.2. The quantitative estimate of drug-likeness (QED) is 0.439. The summed E-state index contributed by atoms with van der Waals surface area (Å²) in [4.78, 5) is 23.5. The van der Waals surface area contributed by atoms with Gasteiger partial charge in [0.25, 0.3) is 0 Å². The lowest BCUT2D eigenvalue weighted by Crippen LogP contribution is -2.55. The van der Waals surface area contributed by atoms with Crippen molar-refractivity contribution >= 4 is 36.2 Å². The van der Waals surface area contributed by atoms with Crippen molar-refractivity contribution in [2.75, 3.05) is 11.5 Å². The van der Waals surface area contributed by atoms with Crippen LogP contribution in [0.5, 0.6) is 0 Å². The van der Waals surface area contributed by atoms with Crippen LogP contribution in [0, 0.1) is 23.2 Å². The molecule has 3 atom stereocenters. The number of amides is 2. The molecule has 1 aliphatic carbocycles. The van der Waals surface area contributed by atoms with Gasteiger partial charge in [-0.25, -0.2) is 0 Å². The van der Waals surface area contributed by atoms with Crippen molar-refractivity contribution in [3.8, 4) is 6.07 Å². The van der Waals surface area contributed by atoms with Gasteiger partial charge in [-0.2, -0.15) is 17.9 Å². The van der Waals surface area contributed by atoms with Gasteiger partial charge >= 0.3 is 0 Å². The number of imide groups is 1. The summed E-state index contributed by atoms with van der Waals surface area (Å²) in [7, 11) is 0. The molecule has 1 aliphatic heterocycles. The molecule has 1 saturated carbocycles. The molecule has 4 nitrogen and oxygen atoms in total. The molecule has 2 fully saturated rings. The maximum atomic E-state index is 11.9. The van der Waals surface area contributed by atoms with Crippen LogP contribution in [0.15, 0.2) is 0 Å². The Morgan fingerprint density at radius 3 is 2.83 bits per heavy atom. The lowest BCUT2D eigenvalue weighted by Gasteiger charge is -2.44. The average molecular weight is 284 g/mol. The van der Waals surface area contributed by atoms with E-state index in [1.165, 1.54) is 11.8 Å². The second kappa shape index (κ2) is 5.54. The zero-order valence-electron chi connectivity index (χ0n) is 10.0. The highest BCUT2D eigenvalue weighted by Gasteiger charge is 2.68. The van der Waals surface area contributed by atoms with Crippen LogP contribution in [0.25, 0.3) is 0 Å². The molecule has 0 bridgehead atoms. The number of hydrogen-bond acceptors (Lipinski definition) is 5. The summed E-state index contributed by atoms with van der Waals surface area (Å²) >= 11 is 5.64. The van der Waals surface area contributed by atoms with Gasteiger partial charge in [-0.15, -0.1) is 11.8 Å². The minimum atomic E-state index is -0.785. The molecule has 98 valence electrons. The van der Waals surface area contributed by atoms with E-state index in [4.69, 9.17) is 5.26 Å². The van der Waals surface area contributed by atoms with E-state index in [9.17, 15) is 9.59 Å². The fraction of sp³-hybridized carbons (Fsp3) is 0.750. The van der Waals surface area contributed by atoms with Crippen LogP contribution in [-0.2, 0) is 9.59 Å². The van der Waals surface area contributed by atoms with Crippen molar-refractivity contribution < 1.29 is 9.59 Å². The van der Waals surface area contributed by atoms with Crippen LogP contribution in [0.3, 0.4) is 0 Å². The zero-order valence-corrected chi connectivity index (χ0v) is 11.7. The Morgan fingerprint density at radius 2 is 2.22 bits per heavy atom. The monoisotopic (exact) mass is 284 g/mol. The molecule has 1 saturated heterocycles. The van der Waals surface area contributed by atoms with E-state index in [0.29, 0.717) is 6.42 Å². The van der Waals surface area contributed by atoms with Crippen LogP contribution >= 0.6 is 24.4 Å². The molecule has 0 aromatic carbocycles. The summed E-state index contributed by atoms with van der Waals surface area (Å²) in [5, 5.41) is 11.5. The molecule has 2 aliphatic rings. The van der Waals surface area contributed by atoms with E-state index in [1.54, 1.807) is 0 Å². The number of nitriles is 1. The number of unbranched alkanes of at least 4 members (excludes halogenated alkanes) is 2. The predicted molar refractivity (Wildman–Crippen MR) is 73.3 cm³/mol. The number of thioether (sulfide) groups is 1. The Kier molecular flexibility index (Phi) is 4.23. The largest absolute Gasteiger partial charge is 0.295 e. The number of carbonyl (C=O) groups is 2. The third-order valence-electron chi connectivity index (χ3n) is 3.71. The van der Waals surface area contributed by atoms with E-state index in [1.807, 2.05) is 0 Å². The number of carbonyl (C=O) groups excluding carboxylic acids is 2. The van der Waals surface area contributed by atoms with Crippen LogP contribution < -0.4 is 5.32 Å². The van der Waals surface area contributed by atoms with Gasteiger partial charge in [0.1, 0.15) is 4.75 Å². The summed E-state index contributed by atoms with van der Waals surface area (Å²) in [5.74, 6) is 0.638. The van der Waals surface area contributed by atoms with Crippen molar-refractivity contribution in [1.82, 2.24) is 5.32 Å². The summed E-state index contributed by atoms with van der Waals surface area (Å²) < 4.78 is -0.785. The van der Waals surface area contributed by atoms with Crippen LogP contribution in [0.4, 0.5) is 0 Å². The molecular weight excluding hydrogens is 268 g/mol. The summed E-state index contributed by atoms with van der Waals surface area (Å²) in [5.41, 5.74) is 0. The number of hydrogen-bond donors (Lipinski definition) is 2. The first-order valence-electron chi connectivity index (χ1n) is 6.16. The second-order valence-electron chi connectivity index (χ2n) is 4.71. The van der Waals surface area contributed by atoms with E-state index in [-0.39, 0.29) is 23.7 Å². The highest BCUT2D eigenvalue weighted by molar-refractivity contribution is 8.01. The number of nitrogens with one attached hydrogen (secondary N) is 1. The summed E-state index contributed by atoms with van der Waals surface area (Å²) in [6.45, 7) is 0. The lowest BCUT2D eigenvalue weighted by molar-refractivity contribution is -0.125. The van der Waals surface area contributed by atoms with Crippen LogP contribution in [0.2, 0.25) is 0 Å². The van der Waals surface area contributed by atoms with Gasteiger partial charge in [-0.05, 0) is 30.8 Å².